The summed E-state index contributed by atoms with van der Waals surface area (Å²) in [7, 11) is 0. The minimum Gasteiger partial charge on any atom is -0.478 e. The van der Waals surface area contributed by atoms with E-state index in [1.807, 2.05) is 0 Å². The number of anilines is 2. The van der Waals surface area contributed by atoms with Crippen LogP contribution in [0.1, 0.15) is 10.4 Å². The fourth-order valence-electron chi connectivity index (χ4n) is 1.45. The third kappa shape index (κ3) is 2.90. The molecule has 0 spiro atoms. The molecule has 0 aliphatic heterocycles. The Hall–Kier alpha value is -2.09. The number of nitrogens with one attached hydrogen (secondary N) is 1. The average molecular weight is 347 g/mol. The van der Waals surface area contributed by atoms with Gasteiger partial charge in [0.2, 0.25) is 0 Å². The summed E-state index contributed by atoms with van der Waals surface area (Å²) in [5.74, 6) is -4.15. The lowest BCUT2D eigenvalue weighted by atomic mass is 10.2. The Balaban J connectivity index is 2.45. The van der Waals surface area contributed by atoms with Crippen molar-refractivity contribution in [3.05, 3.63) is 51.9 Å². The molecule has 8 heteroatoms. The van der Waals surface area contributed by atoms with E-state index in [-0.39, 0.29) is 16.0 Å². The number of benzene rings is 1. The van der Waals surface area contributed by atoms with E-state index in [2.05, 4.69) is 26.2 Å². The minimum atomic E-state index is -1.45. The monoisotopic (exact) mass is 346 g/mol. The van der Waals surface area contributed by atoms with E-state index in [4.69, 9.17) is 5.11 Å². The zero-order valence-electron chi connectivity index (χ0n) is 9.62. The van der Waals surface area contributed by atoms with Crippen LogP contribution in [0.3, 0.4) is 0 Å². The third-order valence-corrected chi connectivity index (χ3v) is 2.96. The Morgan fingerprint density at radius 1 is 1.20 bits per heavy atom. The first-order valence-corrected chi connectivity index (χ1v) is 5.98. The van der Waals surface area contributed by atoms with Gasteiger partial charge >= 0.3 is 5.97 Å². The van der Waals surface area contributed by atoms with Crippen molar-refractivity contribution >= 4 is 33.4 Å². The van der Waals surface area contributed by atoms with Crippen LogP contribution in [-0.2, 0) is 0 Å². The van der Waals surface area contributed by atoms with E-state index in [0.29, 0.717) is 0 Å². The van der Waals surface area contributed by atoms with Gasteiger partial charge in [-0.05, 0) is 28.1 Å². The first-order chi connectivity index (χ1) is 9.38. The zero-order valence-corrected chi connectivity index (χ0v) is 11.2. The van der Waals surface area contributed by atoms with Crippen molar-refractivity contribution in [1.29, 1.82) is 0 Å². The van der Waals surface area contributed by atoms with Crippen molar-refractivity contribution in [2.24, 2.45) is 0 Å². The molecular weight excluding hydrogens is 341 g/mol. The smallest absolute Gasteiger partial charge is 0.339 e. The quantitative estimate of drug-likeness (QED) is 0.831. The predicted octanol–water partition coefficient (Wildman–Crippen LogP) is 3.70. The Bertz CT molecular complexity index is 695. The molecule has 0 aliphatic rings. The molecule has 0 saturated heterocycles. The lowest BCUT2D eigenvalue weighted by Crippen LogP contribution is -2.06. The second kappa shape index (κ2) is 5.49. The maximum atomic E-state index is 13.6. The summed E-state index contributed by atoms with van der Waals surface area (Å²) in [5.41, 5.74) is -0.806. The van der Waals surface area contributed by atoms with Crippen LogP contribution >= 0.6 is 15.9 Å². The normalized spacial score (nSPS) is 10.4. The molecule has 1 aromatic carbocycles. The van der Waals surface area contributed by atoms with E-state index in [1.54, 1.807) is 0 Å². The lowest BCUT2D eigenvalue weighted by Gasteiger charge is -2.10. The van der Waals surface area contributed by atoms with Crippen molar-refractivity contribution in [3.63, 3.8) is 0 Å². The molecule has 0 saturated carbocycles. The summed E-state index contributed by atoms with van der Waals surface area (Å²) in [5, 5.41) is 11.2. The molecule has 0 aliphatic carbocycles. The van der Waals surface area contributed by atoms with Gasteiger partial charge in [-0.15, -0.1) is 0 Å². The number of pyridine rings is 1. The van der Waals surface area contributed by atoms with E-state index < -0.39 is 29.0 Å². The molecule has 0 fully saturated rings. The van der Waals surface area contributed by atoms with Gasteiger partial charge in [-0.25, -0.2) is 22.9 Å². The second-order valence-electron chi connectivity index (χ2n) is 3.73. The fourth-order valence-corrected chi connectivity index (χ4v) is 1.76. The van der Waals surface area contributed by atoms with Gasteiger partial charge in [0.05, 0.1) is 16.4 Å². The molecule has 2 rings (SSSR count). The number of nitrogens with zero attached hydrogens (tertiary/aromatic N) is 1. The first-order valence-electron chi connectivity index (χ1n) is 5.19. The molecule has 0 unspecified atom stereocenters. The highest BCUT2D eigenvalue weighted by Gasteiger charge is 2.15. The summed E-state index contributed by atoms with van der Waals surface area (Å²) < 4.78 is 39.8. The Kier molecular flexibility index (Phi) is 3.93. The molecular formula is C12H6BrF3N2O2. The van der Waals surface area contributed by atoms with Gasteiger partial charge in [-0.1, -0.05) is 0 Å². The van der Waals surface area contributed by atoms with Crippen LogP contribution in [0, 0.1) is 17.5 Å². The first kappa shape index (κ1) is 14.3. The summed E-state index contributed by atoms with van der Waals surface area (Å²) in [6.45, 7) is 0. The number of halogens is 4. The zero-order chi connectivity index (χ0) is 14.9. The van der Waals surface area contributed by atoms with E-state index in [1.165, 1.54) is 0 Å². The molecule has 1 heterocycles. The summed E-state index contributed by atoms with van der Waals surface area (Å²) in [6, 6.07) is 2.43. The highest BCUT2D eigenvalue weighted by molar-refractivity contribution is 9.10. The highest BCUT2D eigenvalue weighted by atomic mass is 79.9. The van der Waals surface area contributed by atoms with Gasteiger partial charge in [-0.3, -0.25) is 0 Å². The van der Waals surface area contributed by atoms with Crippen LogP contribution in [-0.4, -0.2) is 16.1 Å². The Morgan fingerprint density at radius 3 is 2.55 bits per heavy atom. The van der Waals surface area contributed by atoms with E-state index >= 15 is 0 Å². The average Bonchev–Trinajstić information content (AvgIpc) is 2.37. The molecule has 20 heavy (non-hydrogen) atoms. The molecule has 4 nitrogen and oxygen atoms in total. The molecule has 0 amide bonds. The van der Waals surface area contributed by atoms with Gasteiger partial charge in [0, 0.05) is 6.07 Å². The highest BCUT2D eigenvalue weighted by Crippen LogP contribution is 2.26. The van der Waals surface area contributed by atoms with Crippen molar-refractivity contribution in [3.8, 4) is 0 Å². The predicted molar refractivity (Wildman–Crippen MR) is 68.5 cm³/mol. The molecule has 0 radical (unpaired) electrons. The number of carboxylic acid groups (broad SMARTS) is 1. The maximum Gasteiger partial charge on any atom is 0.339 e. The number of hydrogen-bond acceptors (Lipinski definition) is 3. The topological polar surface area (TPSA) is 62.2 Å². The van der Waals surface area contributed by atoms with Crippen LogP contribution in [0.25, 0.3) is 0 Å². The van der Waals surface area contributed by atoms with Crippen LogP contribution in [0.2, 0.25) is 0 Å². The Morgan fingerprint density at radius 2 is 1.90 bits per heavy atom. The molecule has 104 valence electrons. The molecule has 0 bridgehead atoms. The molecule has 0 atom stereocenters. The van der Waals surface area contributed by atoms with Gasteiger partial charge in [-0.2, -0.15) is 0 Å². The number of aromatic nitrogens is 1. The van der Waals surface area contributed by atoms with Crippen molar-refractivity contribution in [2.75, 3.05) is 5.32 Å². The largest absolute Gasteiger partial charge is 0.478 e. The third-order valence-electron chi connectivity index (χ3n) is 2.35. The van der Waals surface area contributed by atoms with Gasteiger partial charge in [0.15, 0.2) is 0 Å². The van der Waals surface area contributed by atoms with Gasteiger partial charge in [0.1, 0.15) is 28.8 Å². The number of hydrogen-bond donors (Lipinski definition) is 2. The minimum absolute atomic E-state index is 0.0777. The summed E-state index contributed by atoms with van der Waals surface area (Å²) in [6.07, 6.45) is 0.766. The number of carbonyl (C=O) groups is 1. The summed E-state index contributed by atoms with van der Waals surface area (Å²) in [4.78, 5) is 14.5. The fraction of sp³-hybridized carbons (Fsp3) is 0. The molecule has 1 aromatic heterocycles. The van der Waals surface area contributed by atoms with Crippen LogP contribution in [0.5, 0.6) is 0 Å². The van der Waals surface area contributed by atoms with E-state index in [0.717, 1.165) is 24.4 Å². The number of aromatic carboxylic acids is 1. The van der Waals surface area contributed by atoms with Crippen molar-refractivity contribution < 1.29 is 23.1 Å². The molecule has 2 aromatic rings. The lowest BCUT2D eigenvalue weighted by molar-refractivity contribution is 0.0697. The standard InChI is InChI=1S/C12H6BrF3N2O2/c13-7-2-9(16)10(3-8(7)15)18-11-6(12(19)20)1-5(14)4-17-11/h1-4H,(H,17,18)(H,19,20). The number of carboxylic acids is 1. The van der Waals surface area contributed by atoms with Crippen LogP contribution < -0.4 is 5.32 Å². The Labute approximate surface area is 119 Å². The van der Waals surface area contributed by atoms with Crippen molar-refractivity contribution in [1.82, 2.24) is 4.98 Å². The van der Waals surface area contributed by atoms with Gasteiger partial charge in [0.25, 0.3) is 0 Å². The SMILES string of the molecule is O=C(O)c1cc(F)cnc1Nc1cc(F)c(Br)cc1F. The van der Waals surface area contributed by atoms with Gasteiger partial charge < -0.3 is 10.4 Å². The van der Waals surface area contributed by atoms with E-state index in [9.17, 15) is 18.0 Å². The molecule has 2 N–H and O–H groups in total. The second-order valence-corrected chi connectivity index (χ2v) is 4.58. The number of rotatable bonds is 3. The maximum absolute atomic E-state index is 13.6. The van der Waals surface area contributed by atoms with Crippen molar-refractivity contribution in [2.45, 2.75) is 0 Å². The van der Waals surface area contributed by atoms with Crippen LogP contribution in [0.15, 0.2) is 28.9 Å². The van der Waals surface area contributed by atoms with Crippen LogP contribution in [0.4, 0.5) is 24.7 Å². The summed E-state index contributed by atoms with van der Waals surface area (Å²) >= 11 is 2.81.